The number of ether oxygens (including phenoxy) is 1. The lowest BCUT2D eigenvalue weighted by Crippen LogP contribution is -2.02. The van der Waals surface area contributed by atoms with E-state index in [9.17, 15) is 4.79 Å². The number of carbonyl (C=O) groups excluding carboxylic acids is 1. The molecule has 2 rings (SSSR count). The van der Waals surface area contributed by atoms with Crippen molar-refractivity contribution in [2.24, 2.45) is 0 Å². The summed E-state index contributed by atoms with van der Waals surface area (Å²) in [5.74, 6) is 0.585. The van der Waals surface area contributed by atoms with Crippen LogP contribution in [0.25, 0.3) is 11.0 Å². The van der Waals surface area contributed by atoms with Gasteiger partial charge in [-0.05, 0) is 41.9 Å². The molecular weight excluding hydrogens is 284 g/mol. The van der Waals surface area contributed by atoms with E-state index in [1.54, 1.807) is 12.1 Å². The van der Waals surface area contributed by atoms with Crippen molar-refractivity contribution in [3.05, 3.63) is 28.0 Å². The van der Waals surface area contributed by atoms with E-state index >= 15 is 0 Å². The first-order valence-electron chi connectivity index (χ1n) is 5.33. The number of esters is 1. The molecule has 0 amide bonds. The normalized spacial score (nSPS) is 10.8. The average Bonchev–Trinajstić information content (AvgIpc) is 2.63. The zero-order chi connectivity index (χ0) is 12.6. The summed E-state index contributed by atoms with van der Waals surface area (Å²) in [7, 11) is 1.37. The summed E-state index contributed by atoms with van der Waals surface area (Å²) >= 11 is 3.48. The Kier molecular flexibility index (Phi) is 3.19. The minimum Gasteiger partial charge on any atom is -0.465 e. The van der Waals surface area contributed by atoms with Gasteiger partial charge in [0, 0.05) is 11.0 Å². The summed E-state index contributed by atoms with van der Waals surface area (Å²) in [6.45, 7) is 4.86. The number of methoxy groups -OCH3 is 1. The molecular formula is C12H13BrN2O2. The van der Waals surface area contributed by atoms with Crippen LogP contribution in [-0.4, -0.2) is 22.6 Å². The Morgan fingerprint density at radius 2 is 2.24 bits per heavy atom. The highest BCUT2D eigenvalue weighted by atomic mass is 79.9. The van der Waals surface area contributed by atoms with Crippen molar-refractivity contribution in [1.29, 1.82) is 0 Å². The highest BCUT2D eigenvalue weighted by Crippen LogP contribution is 2.27. The number of fused-ring (bicyclic) bond motifs is 1. The molecule has 4 nitrogen and oxygen atoms in total. The van der Waals surface area contributed by atoms with Crippen molar-refractivity contribution >= 4 is 32.9 Å². The maximum Gasteiger partial charge on any atom is 0.337 e. The number of aryl methyl sites for hydroxylation is 2. The standard InChI is InChI=1S/C12H13BrN2O2/c1-4-15-7(2)14-10-6-8(12(16)17-3)5-9(13)11(10)15/h5-6H,4H2,1-3H3. The lowest BCUT2D eigenvalue weighted by atomic mass is 10.2. The molecule has 90 valence electrons. The Morgan fingerprint density at radius 1 is 1.53 bits per heavy atom. The lowest BCUT2D eigenvalue weighted by Gasteiger charge is -2.05. The predicted molar refractivity (Wildman–Crippen MR) is 69.2 cm³/mol. The van der Waals surface area contributed by atoms with Crippen molar-refractivity contribution in [2.75, 3.05) is 7.11 Å². The van der Waals surface area contributed by atoms with E-state index < -0.39 is 0 Å². The maximum absolute atomic E-state index is 11.5. The number of hydrogen-bond donors (Lipinski definition) is 0. The molecule has 17 heavy (non-hydrogen) atoms. The van der Waals surface area contributed by atoms with Crippen LogP contribution in [0.3, 0.4) is 0 Å². The summed E-state index contributed by atoms with van der Waals surface area (Å²) in [6.07, 6.45) is 0. The van der Waals surface area contributed by atoms with Crippen LogP contribution in [0.1, 0.15) is 23.1 Å². The van der Waals surface area contributed by atoms with Gasteiger partial charge < -0.3 is 9.30 Å². The number of nitrogens with zero attached hydrogens (tertiary/aromatic N) is 2. The van der Waals surface area contributed by atoms with E-state index in [2.05, 4.69) is 32.4 Å². The Labute approximate surface area is 108 Å². The Hall–Kier alpha value is -1.36. The van der Waals surface area contributed by atoms with Gasteiger partial charge >= 0.3 is 5.97 Å². The topological polar surface area (TPSA) is 44.1 Å². The fourth-order valence-corrected chi connectivity index (χ4v) is 2.62. The quantitative estimate of drug-likeness (QED) is 0.801. The summed E-state index contributed by atoms with van der Waals surface area (Å²) in [5, 5.41) is 0. The monoisotopic (exact) mass is 296 g/mol. The highest BCUT2D eigenvalue weighted by Gasteiger charge is 2.14. The number of carbonyl (C=O) groups is 1. The van der Waals surface area contributed by atoms with Crippen LogP contribution in [0.15, 0.2) is 16.6 Å². The second-order valence-electron chi connectivity index (χ2n) is 3.72. The van der Waals surface area contributed by atoms with Crippen molar-refractivity contribution in [2.45, 2.75) is 20.4 Å². The van der Waals surface area contributed by atoms with Gasteiger partial charge in [0.05, 0.1) is 23.7 Å². The number of imidazole rings is 1. The summed E-state index contributed by atoms with van der Waals surface area (Å²) in [6, 6.07) is 3.52. The molecule has 1 heterocycles. The van der Waals surface area contributed by atoms with Gasteiger partial charge in [0.25, 0.3) is 0 Å². The van der Waals surface area contributed by atoms with E-state index in [-0.39, 0.29) is 5.97 Å². The minimum atomic E-state index is -0.351. The number of aromatic nitrogens is 2. The van der Waals surface area contributed by atoms with E-state index in [0.29, 0.717) is 5.56 Å². The number of hydrogen-bond acceptors (Lipinski definition) is 3. The van der Waals surface area contributed by atoms with Crippen LogP contribution < -0.4 is 0 Å². The first-order valence-corrected chi connectivity index (χ1v) is 6.12. The third-order valence-electron chi connectivity index (χ3n) is 2.72. The number of rotatable bonds is 2. The number of benzene rings is 1. The van der Waals surface area contributed by atoms with Gasteiger partial charge in [0.15, 0.2) is 0 Å². The molecule has 0 atom stereocenters. The van der Waals surface area contributed by atoms with Crippen molar-refractivity contribution in [3.63, 3.8) is 0 Å². The molecule has 0 aliphatic carbocycles. The molecule has 0 saturated heterocycles. The molecule has 2 aromatic rings. The van der Waals surface area contributed by atoms with E-state index in [4.69, 9.17) is 4.74 Å². The molecule has 0 unspecified atom stereocenters. The molecule has 0 radical (unpaired) electrons. The average molecular weight is 297 g/mol. The summed E-state index contributed by atoms with van der Waals surface area (Å²) in [5.41, 5.74) is 2.32. The molecule has 0 N–H and O–H groups in total. The van der Waals surface area contributed by atoms with Gasteiger partial charge in [0.2, 0.25) is 0 Å². The minimum absolute atomic E-state index is 0.351. The van der Waals surface area contributed by atoms with Crippen LogP contribution >= 0.6 is 15.9 Å². The third kappa shape index (κ3) is 1.95. The van der Waals surface area contributed by atoms with Crippen molar-refractivity contribution < 1.29 is 9.53 Å². The Morgan fingerprint density at radius 3 is 2.82 bits per heavy atom. The van der Waals surface area contributed by atoms with Crippen LogP contribution in [-0.2, 0) is 11.3 Å². The SMILES string of the molecule is CCn1c(C)nc2cc(C(=O)OC)cc(Br)c21. The molecule has 0 aliphatic rings. The molecule has 0 spiro atoms. The van der Waals surface area contributed by atoms with Gasteiger partial charge in [-0.2, -0.15) is 0 Å². The molecule has 1 aromatic carbocycles. The maximum atomic E-state index is 11.5. The smallest absolute Gasteiger partial charge is 0.337 e. The molecule has 0 aliphatic heterocycles. The fourth-order valence-electron chi connectivity index (χ4n) is 1.96. The van der Waals surface area contributed by atoms with E-state index in [0.717, 1.165) is 27.9 Å². The molecule has 0 fully saturated rings. The zero-order valence-corrected chi connectivity index (χ0v) is 11.5. The molecule has 0 saturated carbocycles. The van der Waals surface area contributed by atoms with Crippen molar-refractivity contribution in [3.8, 4) is 0 Å². The molecule has 0 bridgehead atoms. The lowest BCUT2D eigenvalue weighted by molar-refractivity contribution is 0.0601. The zero-order valence-electron chi connectivity index (χ0n) is 9.95. The Bertz CT molecular complexity index is 590. The predicted octanol–water partition coefficient (Wildman–Crippen LogP) is 2.91. The van der Waals surface area contributed by atoms with Gasteiger partial charge in [-0.25, -0.2) is 9.78 Å². The fraction of sp³-hybridized carbons (Fsp3) is 0.333. The van der Waals surface area contributed by atoms with Gasteiger partial charge in [-0.1, -0.05) is 0 Å². The van der Waals surface area contributed by atoms with Gasteiger partial charge in [0.1, 0.15) is 5.82 Å². The third-order valence-corrected chi connectivity index (χ3v) is 3.33. The van der Waals surface area contributed by atoms with Crippen molar-refractivity contribution in [1.82, 2.24) is 9.55 Å². The number of halogens is 1. The highest BCUT2D eigenvalue weighted by molar-refractivity contribution is 9.10. The first-order chi connectivity index (χ1) is 8.08. The second-order valence-corrected chi connectivity index (χ2v) is 4.57. The molecule has 5 heteroatoms. The second kappa shape index (κ2) is 4.49. The summed E-state index contributed by atoms with van der Waals surface area (Å²) < 4.78 is 7.67. The summed E-state index contributed by atoms with van der Waals surface area (Å²) in [4.78, 5) is 15.9. The Balaban J connectivity index is 2.72. The van der Waals surface area contributed by atoms with Crippen LogP contribution in [0.5, 0.6) is 0 Å². The van der Waals surface area contributed by atoms with Gasteiger partial charge in [-0.15, -0.1) is 0 Å². The molecule has 1 aromatic heterocycles. The largest absolute Gasteiger partial charge is 0.465 e. The van der Waals surface area contributed by atoms with Crippen LogP contribution in [0.2, 0.25) is 0 Å². The van der Waals surface area contributed by atoms with E-state index in [1.165, 1.54) is 7.11 Å². The first kappa shape index (κ1) is 12.1. The van der Waals surface area contributed by atoms with E-state index in [1.807, 2.05) is 6.92 Å². The van der Waals surface area contributed by atoms with Crippen LogP contribution in [0, 0.1) is 6.92 Å². The van der Waals surface area contributed by atoms with Gasteiger partial charge in [-0.3, -0.25) is 0 Å². The van der Waals surface area contributed by atoms with Crippen LogP contribution in [0.4, 0.5) is 0 Å².